The van der Waals surface area contributed by atoms with Gasteiger partial charge in [0.05, 0.1) is 0 Å². The molecule has 0 aromatic heterocycles. The molecule has 4 aliphatic rings. The minimum atomic E-state index is -0.932. The van der Waals surface area contributed by atoms with Crippen LogP contribution < -0.4 is 0 Å². The minimum Gasteiger partial charge on any atom is -0.463 e. The van der Waals surface area contributed by atoms with E-state index < -0.39 is 11.7 Å². The van der Waals surface area contributed by atoms with E-state index in [1.54, 1.807) is 0 Å². The number of carbonyl (C=O) groups is 2. The third kappa shape index (κ3) is 3.22. The number of aliphatic hydroxyl groups is 1. The van der Waals surface area contributed by atoms with E-state index in [1.807, 2.05) is 6.92 Å². The Hall–Kier alpha value is -1.10. The smallest absolute Gasteiger partial charge is 0.302 e. The summed E-state index contributed by atoms with van der Waals surface area (Å²) >= 11 is 0. The van der Waals surface area contributed by atoms with E-state index in [-0.39, 0.29) is 23.5 Å². The van der Waals surface area contributed by atoms with Gasteiger partial charge in [-0.1, -0.05) is 13.8 Å². The van der Waals surface area contributed by atoms with E-state index in [9.17, 15) is 14.7 Å². The van der Waals surface area contributed by atoms with Crippen LogP contribution in [0.2, 0.25) is 0 Å². The number of hydrogen-bond acceptors (Lipinski definition) is 5. The molecule has 0 amide bonds. The first-order valence-electron chi connectivity index (χ1n) is 12.1. The van der Waals surface area contributed by atoms with Crippen molar-refractivity contribution in [1.29, 1.82) is 0 Å². The van der Waals surface area contributed by atoms with E-state index in [2.05, 4.69) is 13.8 Å². The highest BCUT2D eigenvalue weighted by Gasteiger charge is 2.66. The quantitative estimate of drug-likeness (QED) is 0.673. The molecule has 0 heterocycles. The van der Waals surface area contributed by atoms with E-state index in [0.717, 1.165) is 44.9 Å². The first kappa shape index (κ1) is 22.1. The van der Waals surface area contributed by atoms with Gasteiger partial charge >= 0.3 is 11.9 Å². The summed E-state index contributed by atoms with van der Waals surface area (Å²) in [6.45, 7) is 9.57. The van der Waals surface area contributed by atoms with Crippen molar-refractivity contribution in [3.05, 3.63) is 0 Å². The second kappa shape index (κ2) is 7.50. The fourth-order valence-corrected chi connectivity index (χ4v) is 8.63. The van der Waals surface area contributed by atoms with Crippen LogP contribution in [0.15, 0.2) is 0 Å². The van der Waals surface area contributed by atoms with Crippen molar-refractivity contribution >= 4 is 11.9 Å². The summed E-state index contributed by atoms with van der Waals surface area (Å²) in [5, 5.41) is 11.7. The maximum atomic E-state index is 11.7. The zero-order chi connectivity index (χ0) is 21.9. The second-order valence-electron chi connectivity index (χ2n) is 11.3. The van der Waals surface area contributed by atoms with Gasteiger partial charge in [0, 0.05) is 19.3 Å². The third-order valence-corrected chi connectivity index (χ3v) is 10.2. The Morgan fingerprint density at radius 3 is 2.30 bits per heavy atom. The monoisotopic (exact) mass is 420 g/mol. The summed E-state index contributed by atoms with van der Waals surface area (Å²) in [6, 6.07) is 0. The fourth-order valence-electron chi connectivity index (χ4n) is 8.63. The Morgan fingerprint density at radius 1 is 0.933 bits per heavy atom. The Kier molecular flexibility index (Phi) is 5.52. The first-order chi connectivity index (χ1) is 14.0. The zero-order valence-electron chi connectivity index (χ0n) is 19.4. The van der Waals surface area contributed by atoms with Crippen molar-refractivity contribution in [2.24, 2.45) is 34.5 Å². The highest BCUT2D eigenvalue weighted by molar-refractivity contribution is 5.66. The van der Waals surface area contributed by atoms with Gasteiger partial charge in [0.25, 0.3) is 0 Å². The van der Waals surface area contributed by atoms with Crippen LogP contribution in [0.25, 0.3) is 0 Å². The van der Waals surface area contributed by atoms with Gasteiger partial charge in [0.15, 0.2) is 0 Å². The molecule has 9 atom stereocenters. The van der Waals surface area contributed by atoms with Crippen LogP contribution in [0.3, 0.4) is 0 Å². The third-order valence-electron chi connectivity index (χ3n) is 10.2. The minimum absolute atomic E-state index is 0.0899. The van der Waals surface area contributed by atoms with Crippen molar-refractivity contribution in [1.82, 2.24) is 0 Å². The number of hydrogen-bond donors (Lipinski definition) is 1. The van der Waals surface area contributed by atoms with Gasteiger partial charge in [0.1, 0.15) is 17.8 Å². The standard InChI is InChI=1S/C25H40O5/c1-15(29-16(2)26)25(28)13-10-22-20-7-6-18-14-19(30-17(3)27)8-11-23(18,4)21(20)9-12-24(22,25)5/h15,18-22,28H,6-14H2,1-5H3/t15-,18-,19-,20-,21+,22-,23-,24-,25+/m0/s1. The summed E-state index contributed by atoms with van der Waals surface area (Å²) in [4.78, 5) is 23.0. The van der Waals surface area contributed by atoms with Crippen LogP contribution in [-0.4, -0.2) is 34.9 Å². The molecular formula is C25H40O5. The van der Waals surface area contributed by atoms with Crippen molar-refractivity contribution in [2.75, 3.05) is 0 Å². The number of esters is 2. The van der Waals surface area contributed by atoms with Crippen LogP contribution in [0.5, 0.6) is 0 Å². The maximum Gasteiger partial charge on any atom is 0.302 e. The molecular weight excluding hydrogens is 380 g/mol. The van der Waals surface area contributed by atoms with E-state index in [0.29, 0.717) is 29.1 Å². The lowest BCUT2D eigenvalue weighted by Crippen LogP contribution is -2.60. The molecule has 0 aliphatic heterocycles. The average Bonchev–Trinajstić information content (AvgIpc) is 2.93. The summed E-state index contributed by atoms with van der Waals surface area (Å²) < 4.78 is 11.1. The van der Waals surface area contributed by atoms with Gasteiger partial charge in [-0.3, -0.25) is 9.59 Å². The summed E-state index contributed by atoms with van der Waals surface area (Å²) in [5.74, 6) is 1.96. The van der Waals surface area contributed by atoms with Crippen LogP contribution in [-0.2, 0) is 19.1 Å². The van der Waals surface area contributed by atoms with Crippen molar-refractivity contribution in [3.8, 4) is 0 Å². The van der Waals surface area contributed by atoms with Crippen molar-refractivity contribution < 1.29 is 24.2 Å². The van der Waals surface area contributed by atoms with Crippen molar-refractivity contribution in [2.45, 2.75) is 110 Å². The van der Waals surface area contributed by atoms with Gasteiger partial charge in [-0.25, -0.2) is 0 Å². The first-order valence-corrected chi connectivity index (χ1v) is 12.1. The lowest BCUT2D eigenvalue weighted by molar-refractivity contribution is -0.201. The summed E-state index contributed by atoms with van der Waals surface area (Å²) in [6.07, 6.45) is 9.02. The lowest BCUT2D eigenvalue weighted by atomic mass is 9.44. The van der Waals surface area contributed by atoms with Gasteiger partial charge in [0.2, 0.25) is 0 Å². The highest BCUT2D eigenvalue weighted by atomic mass is 16.6. The molecule has 30 heavy (non-hydrogen) atoms. The molecule has 0 unspecified atom stereocenters. The Bertz CT molecular complexity index is 706. The van der Waals surface area contributed by atoms with Crippen molar-refractivity contribution in [3.63, 3.8) is 0 Å². The Morgan fingerprint density at radius 2 is 1.63 bits per heavy atom. The van der Waals surface area contributed by atoms with Gasteiger partial charge in [-0.05, 0) is 93.8 Å². The fraction of sp³-hybridized carbons (Fsp3) is 0.920. The Labute approximate surface area is 181 Å². The van der Waals surface area contributed by atoms with E-state index in [1.165, 1.54) is 26.7 Å². The Balaban J connectivity index is 1.54. The normalized spacial score (nSPS) is 48.7. The van der Waals surface area contributed by atoms with E-state index >= 15 is 0 Å². The molecule has 4 saturated carbocycles. The predicted octanol–water partition coefficient (Wildman–Crippen LogP) is 4.64. The molecule has 4 aliphatic carbocycles. The van der Waals surface area contributed by atoms with Crippen LogP contribution >= 0.6 is 0 Å². The molecule has 0 aromatic rings. The molecule has 170 valence electrons. The molecule has 0 saturated heterocycles. The number of ether oxygens (including phenoxy) is 2. The summed E-state index contributed by atoms with van der Waals surface area (Å²) in [7, 11) is 0. The van der Waals surface area contributed by atoms with E-state index in [4.69, 9.17) is 9.47 Å². The molecule has 4 rings (SSSR count). The topological polar surface area (TPSA) is 72.8 Å². The largest absolute Gasteiger partial charge is 0.463 e. The number of rotatable bonds is 3. The molecule has 5 nitrogen and oxygen atoms in total. The molecule has 0 spiro atoms. The summed E-state index contributed by atoms with van der Waals surface area (Å²) in [5.41, 5.74) is -0.816. The SMILES string of the molecule is CC(=O)O[C@H]1CC[C@@]2(C)[C@@H](CC[C@H]3[C@H]2CC[C@@]2(C)[C@H]3CC[C@@]2(O)[C@H](C)OC(C)=O)C1. The van der Waals surface area contributed by atoms with Crippen LogP contribution in [0.4, 0.5) is 0 Å². The van der Waals surface area contributed by atoms with Crippen LogP contribution in [0.1, 0.15) is 92.4 Å². The molecule has 1 N–H and O–H groups in total. The van der Waals surface area contributed by atoms with Gasteiger partial charge in [-0.2, -0.15) is 0 Å². The molecule has 4 fully saturated rings. The van der Waals surface area contributed by atoms with Gasteiger partial charge in [-0.15, -0.1) is 0 Å². The maximum absolute atomic E-state index is 11.7. The van der Waals surface area contributed by atoms with Crippen LogP contribution in [0, 0.1) is 34.5 Å². The number of carbonyl (C=O) groups excluding carboxylic acids is 2. The highest BCUT2D eigenvalue weighted by Crippen LogP contribution is 2.68. The average molecular weight is 421 g/mol. The molecule has 0 radical (unpaired) electrons. The number of fused-ring (bicyclic) bond motifs is 5. The predicted molar refractivity (Wildman–Crippen MR) is 113 cm³/mol. The second-order valence-corrected chi connectivity index (χ2v) is 11.3. The molecule has 0 bridgehead atoms. The zero-order valence-corrected chi connectivity index (χ0v) is 19.4. The molecule has 0 aromatic carbocycles. The lowest BCUT2D eigenvalue weighted by Gasteiger charge is -2.62. The van der Waals surface area contributed by atoms with Gasteiger partial charge < -0.3 is 14.6 Å². The molecule has 5 heteroatoms.